The molecule has 1 aliphatic heterocycles. The highest BCUT2D eigenvalue weighted by atomic mass is 16.5. The van der Waals surface area contributed by atoms with Crippen LogP contribution in [0.4, 0.5) is 0 Å². The van der Waals surface area contributed by atoms with Crippen LogP contribution in [0, 0.1) is 0 Å². The monoisotopic (exact) mass is 486 g/mol. The minimum absolute atomic E-state index is 0.0227. The summed E-state index contributed by atoms with van der Waals surface area (Å²) in [7, 11) is 2.98. The van der Waals surface area contributed by atoms with Crippen molar-refractivity contribution in [2.45, 2.75) is 13.0 Å². The molecule has 0 bridgehead atoms. The molecule has 3 aromatic rings. The van der Waals surface area contributed by atoms with Crippen molar-refractivity contribution in [2.24, 2.45) is 0 Å². The van der Waals surface area contributed by atoms with E-state index in [9.17, 15) is 19.8 Å². The van der Waals surface area contributed by atoms with E-state index in [4.69, 9.17) is 9.47 Å². The number of rotatable bonds is 8. The number of amides is 2. The molecule has 1 heterocycles. The average Bonchev–Trinajstić information content (AvgIpc) is 2.87. The Morgan fingerprint density at radius 2 is 1.72 bits per heavy atom. The van der Waals surface area contributed by atoms with Gasteiger partial charge < -0.3 is 25.0 Å². The number of nitrogens with one attached hydrogen (secondary N) is 2. The van der Waals surface area contributed by atoms with Gasteiger partial charge in [-0.1, -0.05) is 36.4 Å². The van der Waals surface area contributed by atoms with Gasteiger partial charge in [-0.3, -0.25) is 14.9 Å². The fourth-order valence-corrected chi connectivity index (χ4v) is 3.93. The molecule has 1 aliphatic rings. The van der Waals surface area contributed by atoms with Crippen LogP contribution in [0.2, 0.25) is 0 Å². The molecule has 0 spiro atoms. The second kappa shape index (κ2) is 10.7. The van der Waals surface area contributed by atoms with Gasteiger partial charge in [0, 0.05) is 29.4 Å². The average molecular weight is 487 g/mol. The predicted octanol–water partition coefficient (Wildman–Crippen LogP) is 3.77. The van der Waals surface area contributed by atoms with Gasteiger partial charge in [0.2, 0.25) is 0 Å². The van der Waals surface area contributed by atoms with Gasteiger partial charge in [0.05, 0.1) is 19.8 Å². The molecule has 0 atom stereocenters. The first-order valence-electron chi connectivity index (χ1n) is 11.2. The number of para-hydroxylation sites is 1. The molecular formula is C28H26N2O6. The van der Waals surface area contributed by atoms with Gasteiger partial charge in [-0.2, -0.15) is 0 Å². The zero-order valence-electron chi connectivity index (χ0n) is 19.9. The summed E-state index contributed by atoms with van der Waals surface area (Å²) < 4.78 is 10.2. The molecule has 0 unspecified atom stereocenters. The van der Waals surface area contributed by atoms with Crippen molar-refractivity contribution >= 4 is 23.5 Å². The highest BCUT2D eigenvalue weighted by molar-refractivity contribution is 6.31. The number of hydrogen-bond acceptors (Lipinski definition) is 7. The van der Waals surface area contributed by atoms with E-state index in [0.717, 1.165) is 11.1 Å². The molecule has 0 saturated carbocycles. The largest absolute Gasteiger partial charge is 0.504 e. The normalized spacial score (nSPS) is 14.0. The highest BCUT2D eigenvalue weighted by Crippen LogP contribution is 2.30. The van der Waals surface area contributed by atoms with Crippen LogP contribution in [0.1, 0.15) is 32.6 Å². The Morgan fingerprint density at radius 1 is 0.917 bits per heavy atom. The lowest BCUT2D eigenvalue weighted by Gasteiger charge is -2.19. The molecule has 36 heavy (non-hydrogen) atoms. The van der Waals surface area contributed by atoms with Crippen molar-refractivity contribution < 1.29 is 29.3 Å². The number of phenolic OH excluding ortho intramolecular Hbond substituents is 2. The third kappa shape index (κ3) is 5.17. The SMILES string of the molecule is COc1ccc(CN/C=C2\C(=O)NC(=O)c3ccc(/C=C/Cc4cccc(OC)c4O)cc32)cc1O. The Balaban J connectivity index is 1.54. The first kappa shape index (κ1) is 24.4. The molecule has 0 fully saturated rings. The van der Waals surface area contributed by atoms with E-state index >= 15 is 0 Å². The minimum Gasteiger partial charge on any atom is -0.504 e. The van der Waals surface area contributed by atoms with Crippen LogP contribution in [0.25, 0.3) is 11.6 Å². The molecule has 0 radical (unpaired) electrons. The van der Waals surface area contributed by atoms with Gasteiger partial charge in [0.15, 0.2) is 23.0 Å². The molecule has 8 heteroatoms. The van der Waals surface area contributed by atoms with E-state index in [1.165, 1.54) is 14.2 Å². The number of benzene rings is 3. The Kier molecular flexibility index (Phi) is 7.25. The molecule has 0 saturated heterocycles. The van der Waals surface area contributed by atoms with Crippen LogP contribution in [-0.2, 0) is 17.8 Å². The van der Waals surface area contributed by atoms with Gasteiger partial charge in [-0.15, -0.1) is 0 Å². The number of ether oxygens (including phenoxy) is 2. The molecular weight excluding hydrogens is 460 g/mol. The molecule has 4 rings (SSSR count). The number of aromatic hydroxyl groups is 2. The van der Waals surface area contributed by atoms with Crippen LogP contribution in [0.3, 0.4) is 0 Å². The molecule has 0 aliphatic carbocycles. The summed E-state index contributed by atoms with van der Waals surface area (Å²) in [6.45, 7) is 0.348. The van der Waals surface area contributed by atoms with Gasteiger partial charge in [0.25, 0.3) is 11.8 Å². The van der Waals surface area contributed by atoms with E-state index in [-0.39, 0.29) is 11.5 Å². The van der Waals surface area contributed by atoms with E-state index in [2.05, 4.69) is 10.6 Å². The Labute approximate surface area is 208 Å². The van der Waals surface area contributed by atoms with Crippen molar-refractivity contribution in [3.05, 3.63) is 94.7 Å². The number of hydrogen-bond donors (Lipinski definition) is 4. The zero-order valence-corrected chi connectivity index (χ0v) is 19.9. The Hall–Kier alpha value is -4.72. The second-order valence-corrected chi connectivity index (χ2v) is 8.11. The summed E-state index contributed by atoms with van der Waals surface area (Å²) in [5.74, 6) is -0.0536. The zero-order chi connectivity index (χ0) is 25.7. The van der Waals surface area contributed by atoms with E-state index in [1.807, 2.05) is 24.3 Å². The number of phenols is 2. The number of imide groups is 1. The quantitative estimate of drug-likeness (QED) is 0.283. The summed E-state index contributed by atoms with van der Waals surface area (Å²) >= 11 is 0. The standard InChI is InChI=1S/C28H26N2O6/c1-35-24-12-10-18(14-23(24)31)15-29-16-22-21-13-17(9-11-20(21)27(33)30-28(22)34)5-3-6-19-7-4-8-25(36-2)26(19)32/h3-5,7-14,16,29,31-32H,6,15H2,1-2H3,(H,30,33,34)/b5-3+,22-16-. The maximum atomic E-state index is 12.6. The number of allylic oxidation sites excluding steroid dienone is 1. The van der Waals surface area contributed by atoms with Crippen molar-refractivity contribution in [3.8, 4) is 23.0 Å². The van der Waals surface area contributed by atoms with E-state index < -0.39 is 11.8 Å². The van der Waals surface area contributed by atoms with E-state index in [1.54, 1.807) is 48.7 Å². The first-order chi connectivity index (χ1) is 17.4. The van der Waals surface area contributed by atoms with Crippen LogP contribution in [0.5, 0.6) is 23.0 Å². The van der Waals surface area contributed by atoms with Gasteiger partial charge >= 0.3 is 0 Å². The highest BCUT2D eigenvalue weighted by Gasteiger charge is 2.27. The topological polar surface area (TPSA) is 117 Å². The third-order valence-corrected chi connectivity index (χ3v) is 5.80. The molecule has 2 amide bonds. The maximum Gasteiger partial charge on any atom is 0.260 e. The van der Waals surface area contributed by atoms with Crippen LogP contribution < -0.4 is 20.1 Å². The molecule has 4 N–H and O–H groups in total. The van der Waals surface area contributed by atoms with Crippen LogP contribution in [0.15, 0.2) is 66.9 Å². The van der Waals surface area contributed by atoms with Crippen LogP contribution >= 0.6 is 0 Å². The fraction of sp³-hybridized carbons (Fsp3) is 0.143. The third-order valence-electron chi connectivity index (χ3n) is 5.80. The van der Waals surface area contributed by atoms with Crippen LogP contribution in [-0.4, -0.2) is 36.2 Å². The number of carbonyl (C=O) groups is 2. The van der Waals surface area contributed by atoms with Gasteiger partial charge in [-0.25, -0.2) is 0 Å². The predicted molar refractivity (Wildman–Crippen MR) is 136 cm³/mol. The summed E-state index contributed by atoms with van der Waals surface area (Å²) in [4.78, 5) is 25.0. The lowest BCUT2D eigenvalue weighted by atomic mass is 9.93. The summed E-state index contributed by atoms with van der Waals surface area (Å²) in [5, 5.41) is 25.7. The lowest BCUT2D eigenvalue weighted by Crippen LogP contribution is -2.37. The Bertz CT molecular complexity index is 1380. The number of methoxy groups -OCH3 is 2. The molecule has 8 nitrogen and oxygen atoms in total. The lowest BCUT2D eigenvalue weighted by molar-refractivity contribution is -0.114. The van der Waals surface area contributed by atoms with Crippen molar-refractivity contribution in [1.29, 1.82) is 0 Å². The van der Waals surface area contributed by atoms with Crippen molar-refractivity contribution in [1.82, 2.24) is 10.6 Å². The first-order valence-corrected chi connectivity index (χ1v) is 11.2. The fourth-order valence-electron chi connectivity index (χ4n) is 3.93. The molecule has 0 aromatic heterocycles. The second-order valence-electron chi connectivity index (χ2n) is 8.11. The van der Waals surface area contributed by atoms with Crippen molar-refractivity contribution in [3.63, 3.8) is 0 Å². The van der Waals surface area contributed by atoms with Gasteiger partial charge in [0.1, 0.15) is 0 Å². The summed E-state index contributed by atoms with van der Waals surface area (Å²) in [6, 6.07) is 15.6. The van der Waals surface area contributed by atoms with E-state index in [0.29, 0.717) is 46.7 Å². The number of carbonyl (C=O) groups excluding carboxylic acids is 2. The summed E-state index contributed by atoms with van der Waals surface area (Å²) in [5.41, 5.74) is 3.53. The molecule has 3 aromatic carbocycles. The molecule has 184 valence electrons. The smallest absolute Gasteiger partial charge is 0.260 e. The van der Waals surface area contributed by atoms with Crippen molar-refractivity contribution in [2.75, 3.05) is 14.2 Å². The number of fused-ring (bicyclic) bond motifs is 1. The Morgan fingerprint density at radius 3 is 2.47 bits per heavy atom. The maximum absolute atomic E-state index is 12.6. The minimum atomic E-state index is -0.500. The summed E-state index contributed by atoms with van der Waals surface area (Å²) in [6.07, 6.45) is 5.78. The van der Waals surface area contributed by atoms with Gasteiger partial charge in [-0.05, 0) is 47.9 Å².